The molecule has 0 saturated carbocycles. The molecule has 0 unspecified atom stereocenters. The minimum absolute atomic E-state index is 0.0276. The van der Waals surface area contributed by atoms with Gasteiger partial charge >= 0.3 is 0 Å². The van der Waals surface area contributed by atoms with Gasteiger partial charge in [-0.05, 0) is 37.3 Å². The standard InChI is InChI=1S/C12H10BrNO/c1-9-3-2-8-14(12(9)15)11-6-4-10(13)5-7-11/h2-8H,1H3. The van der Waals surface area contributed by atoms with Gasteiger partial charge in [0.15, 0.2) is 0 Å². The lowest BCUT2D eigenvalue weighted by Crippen LogP contribution is -2.19. The largest absolute Gasteiger partial charge is 0.284 e. The van der Waals surface area contributed by atoms with Crippen LogP contribution < -0.4 is 5.56 Å². The first kappa shape index (κ1) is 10.2. The maximum Gasteiger partial charge on any atom is 0.257 e. The zero-order valence-corrected chi connectivity index (χ0v) is 9.86. The van der Waals surface area contributed by atoms with Crippen LogP contribution in [0, 0.1) is 6.92 Å². The molecule has 2 aromatic rings. The summed E-state index contributed by atoms with van der Waals surface area (Å²) >= 11 is 3.36. The summed E-state index contributed by atoms with van der Waals surface area (Å²) in [6.07, 6.45) is 1.78. The molecule has 0 amide bonds. The highest BCUT2D eigenvalue weighted by Crippen LogP contribution is 2.12. The molecular formula is C12H10BrNO. The molecule has 2 rings (SSSR count). The van der Waals surface area contributed by atoms with Crippen molar-refractivity contribution in [1.82, 2.24) is 4.57 Å². The predicted molar refractivity (Wildman–Crippen MR) is 64.5 cm³/mol. The van der Waals surface area contributed by atoms with Crippen LogP contribution >= 0.6 is 15.9 Å². The van der Waals surface area contributed by atoms with E-state index in [1.54, 1.807) is 10.8 Å². The van der Waals surface area contributed by atoms with E-state index >= 15 is 0 Å². The number of pyridine rings is 1. The minimum atomic E-state index is 0.0276. The SMILES string of the molecule is Cc1cccn(-c2ccc(Br)cc2)c1=O. The number of nitrogens with zero attached hydrogens (tertiary/aromatic N) is 1. The summed E-state index contributed by atoms with van der Waals surface area (Å²) in [5.41, 5.74) is 1.66. The molecular weight excluding hydrogens is 254 g/mol. The maximum atomic E-state index is 11.8. The molecule has 0 spiro atoms. The Morgan fingerprint density at radius 1 is 1.13 bits per heavy atom. The molecule has 1 aromatic carbocycles. The van der Waals surface area contributed by atoms with Gasteiger partial charge in [-0.15, -0.1) is 0 Å². The first-order chi connectivity index (χ1) is 7.18. The molecule has 0 N–H and O–H groups in total. The zero-order chi connectivity index (χ0) is 10.8. The third-order valence-corrected chi connectivity index (χ3v) is 2.77. The van der Waals surface area contributed by atoms with Crippen molar-refractivity contribution in [2.45, 2.75) is 6.92 Å². The lowest BCUT2D eigenvalue weighted by Gasteiger charge is -2.05. The summed E-state index contributed by atoms with van der Waals surface area (Å²) in [6.45, 7) is 1.82. The topological polar surface area (TPSA) is 22.0 Å². The van der Waals surface area contributed by atoms with Gasteiger partial charge in [0, 0.05) is 21.9 Å². The molecule has 3 heteroatoms. The van der Waals surface area contributed by atoms with E-state index in [0.29, 0.717) is 0 Å². The second-order valence-corrected chi connectivity index (χ2v) is 4.26. The van der Waals surface area contributed by atoms with E-state index in [4.69, 9.17) is 0 Å². The highest BCUT2D eigenvalue weighted by Gasteiger charge is 2.00. The monoisotopic (exact) mass is 263 g/mol. The molecule has 76 valence electrons. The van der Waals surface area contributed by atoms with E-state index < -0.39 is 0 Å². The normalized spacial score (nSPS) is 10.3. The highest BCUT2D eigenvalue weighted by atomic mass is 79.9. The Morgan fingerprint density at radius 2 is 1.80 bits per heavy atom. The van der Waals surface area contributed by atoms with Crippen LogP contribution in [-0.2, 0) is 0 Å². The van der Waals surface area contributed by atoms with Gasteiger partial charge in [0.2, 0.25) is 0 Å². The maximum absolute atomic E-state index is 11.8. The van der Waals surface area contributed by atoms with Crippen molar-refractivity contribution in [2.75, 3.05) is 0 Å². The average Bonchev–Trinajstić information content (AvgIpc) is 2.24. The number of hydrogen-bond donors (Lipinski definition) is 0. The quantitative estimate of drug-likeness (QED) is 0.776. The minimum Gasteiger partial charge on any atom is -0.284 e. The summed E-state index contributed by atoms with van der Waals surface area (Å²) in [7, 11) is 0. The molecule has 1 aromatic heterocycles. The molecule has 15 heavy (non-hydrogen) atoms. The molecule has 0 aliphatic carbocycles. The van der Waals surface area contributed by atoms with Gasteiger partial charge in [-0.2, -0.15) is 0 Å². The first-order valence-electron chi connectivity index (χ1n) is 4.63. The molecule has 0 fully saturated rings. The fourth-order valence-electron chi connectivity index (χ4n) is 1.41. The van der Waals surface area contributed by atoms with E-state index in [1.807, 2.05) is 43.3 Å². The highest BCUT2D eigenvalue weighted by molar-refractivity contribution is 9.10. The Kier molecular flexibility index (Phi) is 2.73. The van der Waals surface area contributed by atoms with Gasteiger partial charge in [0.25, 0.3) is 5.56 Å². The fraction of sp³-hybridized carbons (Fsp3) is 0.0833. The molecule has 0 saturated heterocycles. The van der Waals surface area contributed by atoms with Crippen molar-refractivity contribution in [3.8, 4) is 5.69 Å². The lowest BCUT2D eigenvalue weighted by molar-refractivity contribution is 0.970. The van der Waals surface area contributed by atoms with Crippen LogP contribution in [0.25, 0.3) is 5.69 Å². The first-order valence-corrected chi connectivity index (χ1v) is 5.42. The Morgan fingerprint density at radius 3 is 2.47 bits per heavy atom. The van der Waals surface area contributed by atoms with E-state index in [2.05, 4.69) is 15.9 Å². The molecule has 0 aliphatic rings. The van der Waals surface area contributed by atoms with Gasteiger partial charge in [-0.1, -0.05) is 22.0 Å². The molecule has 2 nitrogen and oxygen atoms in total. The van der Waals surface area contributed by atoms with Crippen LogP contribution in [0.1, 0.15) is 5.56 Å². The number of benzene rings is 1. The van der Waals surface area contributed by atoms with Crippen molar-refractivity contribution in [2.24, 2.45) is 0 Å². The van der Waals surface area contributed by atoms with Gasteiger partial charge in [-0.25, -0.2) is 0 Å². The number of halogens is 1. The molecule has 0 bridgehead atoms. The number of aromatic nitrogens is 1. The second-order valence-electron chi connectivity index (χ2n) is 3.34. The molecule has 1 heterocycles. The average molecular weight is 264 g/mol. The summed E-state index contributed by atoms with van der Waals surface area (Å²) < 4.78 is 2.65. The van der Waals surface area contributed by atoms with Crippen molar-refractivity contribution in [3.63, 3.8) is 0 Å². The Balaban J connectivity index is 2.59. The van der Waals surface area contributed by atoms with Gasteiger partial charge in [0.1, 0.15) is 0 Å². The van der Waals surface area contributed by atoms with Gasteiger partial charge < -0.3 is 0 Å². The smallest absolute Gasteiger partial charge is 0.257 e. The van der Waals surface area contributed by atoms with Crippen LogP contribution in [0.3, 0.4) is 0 Å². The second kappa shape index (κ2) is 4.03. The van der Waals surface area contributed by atoms with E-state index in [1.165, 1.54) is 0 Å². The zero-order valence-electron chi connectivity index (χ0n) is 8.27. The van der Waals surface area contributed by atoms with Crippen molar-refractivity contribution < 1.29 is 0 Å². The number of rotatable bonds is 1. The predicted octanol–water partition coefficient (Wildman–Crippen LogP) is 2.91. The molecule has 0 radical (unpaired) electrons. The van der Waals surface area contributed by atoms with Crippen molar-refractivity contribution >= 4 is 15.9 Å². The number of aryl methyl sites for hydroxylation is 1. The molecule has 0 atom stereocenters. The van der Waals surface area contributed by atoms with E-state index in [-0.39, 0.29) is 5.56 Å². The molecule has 0 aliphatic heterocycles. The Bertz CT molecular complexity index is 528. The summed E-state index contributed by atoms with van der Waals surface area (Å²) in [4.78, 5) is 11.8. The van der Waals surface area contributed by atoms with Crippen LogP contribution in [0.4, 0.5) is 0 Å². The summed E-state index contributed by atoms with van der Waals surface area (Å²) in [5.74, 6) is 0. The van der Waals surface area contributed by atoms with E-state index in [9.17, 15) is 4.79 Å². The Labute approximate surface area is 96.3 Å². The third kappa shape index (κ3) is 2.02. The van der Waals surface area contributed by atoms with Gasteiger partial charge in [-0.3, -0.25) is 9.36 Å². The van der Waals surface area contributed by atoms with Crippen LogP contribution in [-0.4, -0.2) is 4.57 Å². The van der Waals surface area contributed by atoms with Crippen molar-refractivity contribution in [1.29, 1.82) is 0 Å². The number of hydrogen-bond acceptors (Lipinski definition) is 1. The summed E-state index contributed by atoms with van der Waals surface area (Å²) in [5, 5.41) is 0. The fourth-order valence-corrected chi connectivity index (χ4v) is 1.67. The lowest BCUT2D eigenvalue weighted by atomic mass is 10.2. The van der Waals surface area contributed by atoms with Crippen LogP contribution in [0.2, 0.25) is 0 Å². The van der Waals surface area contributed by atoms with Crippen molar-refractivity contribution in [3.05, 3.63) is 63.0 Å². The van der Waals surface area contributed by atoms with E-state index in [0.717, 1.165) is 15.7 Å². The van der Waals surface area contributed by atoms with Gasteiger partial charge in [0.05, 0.1) is 0 Å². The van der Waals surface area contributed by atoms with Crippen LogP contribution in [0.5, 0.6) is 0 Å². The third-order valence-electron chi connectivity index (χ3n) is 2.24. The van der Waals surface area contributed by atoms with Crippen LogP contribution in [0.15, 0.2) is 51.9 Å². The summed E-state index contributed by atoms with van der Waals surface area (Å²) in [6, 6.07) is 11.3. The Hall–Kier alpha value is -1.35.